The third-order valence-electron chi connectivity index (χ3n) is 4.78. The van der Waals surface area contributed by atoms with Crippen LogP contribution in [0.25, 0.3) is 0 Å². The second kappa shape index (κ2) is 6.39. The highest BCUT2D eigenvalue weighted by atomic mass is 16.2. The van der Waals surface area contributed by atoms with Crippen molar-refractivity contribution in [3.63, 3.8) is 0 Å². The fourth-order valence-electron chi connectivity index (χ4n) is 3.45. The minimum Gasteiger partial charge on any atom is -0.312 e. The fraction of sp³-hybridized carbons (Fsp3) is 0.611. The van der Waals surface area contributed by atoms with Crippen molar-refractivity contribution >= 4 is 11.6 Å². The van der Waals surface area contributed by atoms with Crippen LogP contribution in [-0.4, -0.2) is 49.6 Å². The Kier molecular flexibility index (Phi) is 4.50. The summed E-state index contributed by atoms with van der Waals surface area (Å²) < 4.78 is 0. The Labute approximate surface area is 133 Å². The lowest BCUT2D eigenvalue weighted by Gasteiger charge is -2.32. The molecule has 3 rings (SSSR count). The van der Waals surface area contributed by atoms with Crippen molar-refractivity contribution < 1.29 is 4.79 Å². The van der Waals surface area contributed by atoms with Crippen LogP contribution in [0.3, 0.4) is 0 Å². The summed E-state index contributed by atoms with van der Waals surface area (Å²) in [4.78, 5) is 17.0. The zero-order chi connectivity index (χ0) is 15.7. The second-order valence-corrected chi connectivity index (χ2v) is 6.93. The van der Waals surface area contributed by atoms with Crippen LogP contribution >= 0.6 is 0 Å². The molecular weight excluding hydrogens is 274 g/mol. The van der Waals surface area contributed by atoms with Gasteiger partial charge >= 0.3 is 0 Å². The number of nitrogens with one attached hydrogen (secondary N) is 1. The molecule has 120 valence electrons. The number of anilines is 1. The number of fused-ring (bicyclic) bond motifs is 1. The first-order valence-electron chi connectivity index (χ1n) is 8.43. The summed E-state index contributed by atoms with van der Waals surface area (Å²) in [6.45, 7) is 10.8. The molecule has 1 fully saturated rings. The second-order valence-electron chi connectivity index (χ2n) is 6.93. The van der Waals surface area contributed by atoms with E-state index in [4.69, 9.17) is 0 Å². The van der Waals surface area contributed by atoms with Gasteiger partial charge in [-0.3, -0.25) is 9.69 Å². The summed E-state index contributed by atoms with van der Waals surface area (Å²) in [5.41, 5.74) is 3.76. The molecule has 2 aliphatic heterocycles. The quantitative estimate of drug-likeness (QED) is 0.927. The van der Waals surface area contributed by atoms with Crippen molar-refractivity contribution in [1.82, 2.24) is 10.2 Å². The Hall–Kier alpha value is -1.39. The van der Waals surface area contributed by atoms with Crippen LogP contribution in [0.5, 0.6) is 0 Å². The molecule has 2 aliphatic rings. The number of nitrogens with zero attached hydrogens (tertiary/aromatic N) is 2. The number of carbonyl (C=O) groups excluding carboxylic acids is 1. The molecule has 0 bridgehead atoms. The van der Waals surface area contributed by atoms with E-state index in [1.807, 2.05) is 4.90 Å². The van der Waals surface area contributed by atoms with Gasteiger partial charge in [0.2, 0.25) is 5.91 Å². The van der Waals surface area contributed by atoms with E-state index >= 15 is 0 Å². The topological polar surface area (TPSA) is 35.6 Å². The molecule has 1 unspecified atom stereocenters. The van der Waals surface area contributed by atoms with E-state index in [1.165, 1.54) is 11.1 Å². The van der Waals surface area contributed by atoms with Gasteiger partial charge in [-0.25, -0.2) is 0 Å². The number of rotatable bonds is 3. The molecule has 4 nitrogen and oxygen atoms in total. The van der Waals surface area contributed by atoms with Crippen molar-refractivity contribution in [3.8, 4) is 0 Å². The van der Waals surface area contributed by atoms with Crippen LogP contribution in [0.1, 0.15) is 37.8 Å². The number of piperazine rings is 1. The molecule has 0 aromatic heterocycles. The molecule has 1 saturated heterocycles. The first-order valence-corrected chi connectivity index (χ1v) is 8.43. The zero-order valence-electron chi connectivity index (χ0n) is 13.9. The maximum absolute atomic E-state index is 12.7. The molecular formula is C18H27N3O. The molecule has 0 radical (unpaired) electrons. The predicted molar refractivity (Wildman–Crippen MR) is 90.5 cm³/mol. The number of hydrogen-bond acceptors (Lipinski definition) is 3. The summed E-state index contributed by atoms with van der Waals surface area (Å²) in [6, 6.07) is 7.09. The van der Waals surface area contributed by atoms with Crippen LogP contribution < -0.4 is 10.2 Å². The summed E-state index contributed by atoms with van der Waals surface area (Å²) >= 11 is 0. The maximum Gasteiger partial charge on any atom is 0.241 e. The standard InChI is InChI=1S/C18H27N3O/c1-13(2)16-5-4-15-6-8-21(17(15)10-16)18(22)12-20-9-7-19-14(3)11-20/h4-5,10,13-14,19H,6-9,11-12H2,1-3H3. The Morgan fingerprint density at radius 1 is 1.36 bits per heavy atom. The summed E-state index contributed by atoms with van der Waals surface area (Å²) in [5.74, 6) is 0.741. The minimum absolute atomic E-state index is 0.244. The van der Waals surface area contributed by atoms with E-state index in [0.717, 1.165) is 38.3 Å². The smallest absolute Gasteiger partial charge is 0.241 e. The Morgan fingerprint density at radius 2 is 2.18 bits per heavy atom. The van der Waals surface area contributed by atoms with Crippen LogP contribution in [-0.2, 0) is 11.2 Å². The Morgan fingerprint density at radius 3 is 2.91 bits per heavy atom. The van der Waals surface area contributed by atoms with E-state index < -0.39 is 0 Å². The molecule has 1 aromatic carbocycles. The van der Waals surface area contributed by atoms with Gasteiger partial charge in [-0.15, -0.1) is 0 Å². The third-order valence-corrected chi connectivity index (χ3v) is 4.78. The van der Waals surface area contributed by atoms with Crippen molar-refractivity contribution in [2.45, 2.75) is 39.2 Å². The lowest BCUT2D eigenvalue weighted by atomic mass is 10.0. The first kappa shape index (κ1) is 15.5. The van der Waals surface area contributed by atoms with Crippen molar-refractivity contribution in [3.05, 3.63) is 29.3 Å². The van der Waals surface area contributed by atoms with E-state index in [1.54, 1.807) is 0 Å². The Bertz CT molecular complexity index is 555. The van der Waals surface area contributed by atoms with E-state index in [9.17, 15) is 4.79 Å². The van der Waals surface area contributed by atoms with Crippen LogP contribution in [0.4, 0.5) is 5.69 Å². The van der Waals surface area contributed by atoms with E-state index in [2.05, 4.69) is 49.2 Å². The van der Waals surface area contributed by atoms with Crippen LogP contribution in [0.2, 0.25) is 0 Å². The van der Waals surface area contributed by atoms with E-state index in [0.29, 0.717) is 18.5 Å². The van der Waals surface area contributed by atoms with E-state index in [-0.39, 0.29) is 5.91 Å². The average Bonchev–Trinajstić information content (AvgIpc) is 2.90. The third kappa shape index (κ3) is 3.18. The highest BCUT2D eigenvalue weighted by Crippen LogP contribution is 2.31. The monoisotopic (exact) mass is 301 g/mol. The predicted octanol–water partition coefficient (Wildman–Crippen LogP) is 1.99. The summed E-state index contributed by atoms with van der Waals surface area (Å²) in [7, 11) is 0. The van der Waals surface area contributed by atoms with Gasteiger partial charge < -0.3 is 10.2 Å². The molecule has 1 aromatic rings. The summed E-state index contributed by atoms with van der Waals surface area (Å²) in [5, 5.41) is 3.42. The maximum atomic E-state index is 12.7. The number of hydrogen-bond donors (Lipinski definition) is 1. The van der Waals surface area contributed by atoms with Gasteiger partial charge in [0.15, 0.2) is 0 Å². The van der Waals surface area contributed by atoms with Crippen molar-refractivity contribution in [2.24, 2.45) is 0 Å². The molecule has 22 heavy (non-hydrogen) atoms. The largest absolute Gasteiger partial charge is 0.312 e. The van der Waals surface area contributed by atoms with Crippen LogP contribution in [0.15, 0.2) is 18.2 Å². The molecule has 0 saturated carbocycles. The molecule has 1 amide bonds. The highest BCUT2D eigenvalue weighted by molar-refractivity contribution is 5.96. The van der Waals surface area contributed by atoms with Gasteiger partial charge in [0.05, 0.1) is 6.54 Å². The number of benzene rings is 1. The zero-order valence-corrected chi connectivity index (χ0v) is 13.9. The minimum atomic E-state index is 0.244. The normalized spacial score (nSPS) is 22.2. The van der Waals surface area contributed by atoms with Gasteiger partial charge in [0.25, 0.3) is 0 Å². The van der Waals surface area contributed by atoms with Crippen molar-refractivity contribution in [1.29, 1.82) is 0 Å². The lowest BCUT2D eigenvalue weighted by Crippen LogP contribution is -2.52. The van der Waals surface area contributed by atoms with Gasteiger partial charge in [-0.2, -0.15) is 0 Å². The SMILES string of the molecule is CC1CN(CC(=O)N2CCc3ccc(C(C)C)cc32)CCN1. The molecule has 2 heterocycles. The van der Waals surface area contributed by atoms with Gasteiger partial charge in [0, 0.05) is 37.9 Å². The molecule has 1 N–H and O–H groups in total. The average molecular weight is 301 g/mol. The molecule has 1 atom stereocenters. The fourth-order valence-corrected chi connectivity index (χ4v) is 3.45. The van der Waals surface area contributed by atoms with Gasteiger partial charge in [0.1, 0.15) is 0 Å². The first-order chi connectivity index (χ1) is 10.5. The Balaban J connectivity index is 1.71. The van der Waals surface area contributed by atoms with Crippen molar-refractivity contribution in [2.75, 3.05) is 37.6 Å². The molecule has 0 aliphatic carbocycles. The summed E-state index contributed by atoms with van der Waals surface area (Å²) in [6.07, 6.45) is 0.984. The van der Waals surface area contributed by atoms with Crippen LogP contribution in [0, 0.1) is 0 Å². The molecule has 0 spiro atoms. The highest BCUT2D eigenvalue weighted by Gasteiger charge is 2.27. The lowest BCUT2D eigenvalue weighted by molar-refractivity contribution is -0.119. The number of amides is 1. The molecule has 4 heteroatoms. The van der Waals surface area contributed by atoms with Gasteiger partial charge in [-0.05, 0) is 36.5 Å². The van der Waals surface area contributed by atoms with Gasteiger partial charge in [-0.1, -0.05) is 26.0 Å². The number of carbonyl (C=O) groups is 1.